The van der Waals surface area contributed by atoms with Crippen LogP contribution in [0.15, 0.2) is 30.3 Å². The molecule has 0 N–H and O–H groups in total. The van der Waals surface area contributed by atoms with Crippen LogP contribution in [0.25, 0.3) is 11.1 Å². The average Bonchev–Trinajstić information content (AvgIpc) is 2.53. The third-order valence-corrected chi connectivity index (χ3v) is 3.93. The van der Waals surface area contributed by atoms with Gasteiger partial charge in [0, 0.05) is 0 Å². The van der Waals surface area contributed by atoms with Crippen molar-refractivity contribution >= 4 is 20.5 Å². The summed E-state index contributed by atoms with van der Waals surface area (Å²) in [5, 5.41) is 0. The number of methoxy groups -OCH3 is 4. The summed E-state index contributed by atoms with van der Waals surface area (Å²) < 4.78 is 22.5. The molecule has 2 aromatic rings. The molecule has 21 heavy (non-hydrogen) atoms. The summed E-state index contributed by atoms with van der Waals surface area (Å²) in [6.07, 6.45) is 0. The fraction of sp³-hybridized carbons (Fsp3) is 0.250. The van der Waals surface area contributed by atoms with Crippen molar-refractivity contribution < 1.29 is 18.9 Å². The molecule has 2 aromatic carbocycles. The Kier molecular flexibility index (Phi) is 4.99. The molecule has 2 rings (SSSR count). The molecular weight excluding hydrogens is 335 g/mol. The normalized spacial score (nSPS) is 10.1. The van der Waals surface area contributed by atoms with Crippen molar-refractivity contribution in [2.24, 2.45) is 0 Å². The van der Waals surface area contributed by atoms with E-state index in [-0.39, 0.29) is 0 Å². The van der Waals surface area contributed by atoms with Crippen LogP contribution in [0.4, 0.5) is 0 Å². The molecule has 0 radical (unpaired) electrons. The van der Waals surface area contributed by atoms with Gasteiger partial charge in [0.25, 0.3) is 0 Å². The quantitative estimate of drug-likeness (QED) is 0.770. The van der Waals surface area contributed by atoms with Crippen LogP contribution in [0, 0.1) is 0 Å². The first-order valence-electron chi connectivity index (χ1n) is 6.32. The van der Waals surface area contributed by atoms with Gasteiger partial charge in [0.15, 0.2) is 0 Å². The molecular formula is C16H18O4Se. The average molecular weight is 353 g/mol. The molecule has 0 aliphatic heterocycles. The fourth-order valence-electron chi connectivity index (χ4n) is 2.18. The Morgan fingerprint density at radius 3 is 1.86 bits per heavy atom. The van der Waals surface area contributed by atoms with Crippen molar-refractivity contribution in [1.82, 2.24) is 0 Å². The molecule has 0 aliphatic rings. The van der Waals surface area contributed by atoms with Crippen LogP contribution in [-0.2, 0) is 0 Å². The molecule has 0 atom stereocenters. The summed E-state index contributed by atoms with van der Waals surface area (Å²) in [7, 11) is 6.48. The van der Waals surface area contributed by atoms with Gasteiger partial charge >= 0.3 is 132 Å². The van der Waals surface area contributed by atoms with Gasteiger partial charge in [0.05, 0.1) is 0 Å². The van der Waals surface area contributed by atoms with E-state index in [1.165, 1.54) is 0 Å². The van der Waals surface area contributed by atoms with Gasteiger partial charge in [-0.25, -0.2) is 0 Å². The van der Waals surface area contributed by atoms with Gasteiger partial charge in [-0.05, 0) is 0 Å². The van der Waals surface area contributed by atoms with Gasteiger partial charge in [0.2, 0.25) is 0 Å². The van der Waals surface area contributed by atoms with Crippen LogP contribution in [0.1, 0.15) is 0 Å². The molecule has 0 unspecified atom stereocenters. The first-order chi connectivity index (χ1) is 10.2. The molecule has 0 heterocycles. The van der Waals surface area contributed by atoms with E-state index in [2.05, 4.69) is 16.0 Å². The molecule has 0 spiro atoms. The van der Waals surface area contributed by atoms with E-state index in [0.717, 1.165) is 21.3 Å². The van der Waals surface area contributed by atoms with E-state index in [1.807, 2.05) is 30.3 Å². The molecule has 0 aliphatic carbocycles. The Labute approximate surface area is 132 Å². The van der Waals surface area contributed by atoms with Gasteiger partial charge in [-0.3, -0.25) is 0 Å². The zero-order chi connectivity index (χ0) is 15.4. The van der Waals surface area contributed by atoms with Gasteiger partial charge in [-0.2, -0.15) is 0 Å². The zero-order valence-electron chi connectivity index (χ0n) is 12.5. The van der Waals surface area contributed by atoms with E-state index in [1.54, 1.807) is 28.4 Å². The van der Waals surface area contributed by atoms with E-state index in [9.17, 15) is 0 Å². The SMILES string of the molecule is COc1ccc(-c2c([SeH])cc(OC)c(OC)c2OC)cc1. The standard InChI is InChI=1S/C16H18O4Se/c1-17-11-7-5-10(6-8-11)14-13(21)9-12(18-2)15(19-3)16(14)20-4/h5-9,21H,1-4H3. The molecule has 0 saturated carbocycles. The summed E-state index contributed by atoms with van der Waals surface area (Å²) in [5.74, 6) is 2.69. The fourth-order valence-corrected chi connectivity index (χ4v) is 2.91. The number of hydrogen-bond acceptors (Lipinski definition) is 4. The number of benzene rings is 2. The minimum atomic E-state index is 0.584. The van der Waals surface area contributed by atoms with E-state index >= 15 is 0 Å². The Hall–Kier alpha value is -1.84. The zero-order valence-corrected chi connectivity index (χ0v) is 14.3. The first kappa shape index (κ1) is 15.5. The van der Waals surface area contributed by atoms with Gasteiger partial charge in [-0.15, -0.1) is 0 Å². The summed E-state index contributed by atoms with van der Waals surface area (Å²) >= 11 is 2.53. The van der Waals surface area contributed by atoms with Crippen LogP contribution < -0.4 is 23.4 Å². The van der Waals surface area contributed by atoms with Crippen molar-refractivity contribution in [2.75, 3.05) is 28.4 Å². The number of rotatable bonds is 5. The summed E-state index contributed by atoms with van der Waals surface area (Å²) in [6, 6.07) is 9.72. The van der Waals surface area contributed by atoms with Gasteiger partial charge in [-0.1, -0.05) is 0 Å². The third kappa shape index (κ3) is 2.94. The Morgan fingerprint density at radius 1 is 0.762 bits per heavy atom. The third-order valence-electron chi connectivity index (χ3n) is 3.19. The molecule has 0 saturated heterocycles. The van der Waals surface area contributed by atoms with E-state index in [0.29, 0.717) is 17.2 Å². The van der Waals surface area contributed by atoms with Crippen LogP contribution in [-0.4, -0.2) is 44.5 Å². The number of ether oxygens (including phenoxy) is 4. The second-order valence-electron chi connectivity index (χ2n) is 4.27. The Morgan fingerprint density at radius 2 is 1.38 bits per heavy atom. The Bertz CT molecular complexity index is 623. The Balaban J connectivity index is 2.66. The molecule has 0 bridgehead atoms. The van der Waals surface area contributed by atoms with Crippen molar-refractivity contribution in [3.63, 3.8) is 0 Å². The maximum atomic E-state index is 5.56. The van der Waals surface area contributed by atoms with E-state index in [4.69, 9.17) is 18.9 Å². The van der Waals surface area contributed by atoms with Crippen molar-refractivity contribution in [3.05, 3.63) is 30.3 Å². The summed E-state index contributed by atoms with van der Waals surface area (Å²) in [6.45, 7) is 0. The van der Waals surface area contributed by atoms with Crippen molar-refractivity contribution in [3.8, 4) is 34.1 Å². The van der Waals surface area contributed by atoms with E-state index < -0.39 is 0 Å². The monoisotopic (exact) mass is 354 g/mol. The van der Waals surface area contributed by atoms with Crippen molar-refractivity contribution in [1.29, 1.82) is 0 Å². The molecule has 0 fully saturated rings. The summed E-state index contributed by atoms with van der Waals surface area (Å²) in [5.41, 5.74) is 1.97. The van der Waals surface area contributed by atoms with Crippen LogP contribution in [0.3, 0.4) is 0 Å². The van der Waals surface area contributed by atoms with Gasteiger partial charge < -0.3 is 0 Å². The van der Waals surface area contributed by atoms with Crippen LogP contribution in [0.5, 0.6) is 23.0 Å². The van der Waals surface area contributed by atoms with Crippen molar-refractivity contribution in [2.45, 2.75) is 0 Å². The molecule has 0 aromatic heterocycles. The van der Waals surface area contributed by atoms with Gasteiger partial charge in [0.1, 0.15) is 0 Å². The van der Waals surface area contributed by atoms with Crippen LogP contribution >= 0.6 is 0 Å². The maximum absolute atomic E-state index is 5.56. The predicted molar refractivity (Wildman–Crippen MR) is 84.9 cm³/mol. The predicted octanol–water partition coefficient (Wildman–Crippen LogP) is 1.91. The first-order valence-corrected chi connectivity index (χ1v) is 7.26. The second-order valence-corrected chi connectivity index (χ2v) is 5.28. The molecule has 0 amide bonds. The second kappa shape index (κ2) is 6.74. The molecule has 112 valence electrons. The number of hydrogen-bond donors (Lipinski definition) is 0. The minimum absolute atomic E-state index is 0.584. The summed E-state index contributed by atoms with van der Waals surface area (Å²) in [4.78, 5) is 0. The molecule has 4 nitrogen and oxygen atoms in total. The topological polar surface area (TPSA) is 36.9 Å². The van der Waals surface area contributed by atoms with Crippen LogP contribution in [0.2, 0.25) is 0 Å². The molecule has 5 heteroatoms.